The van der Waals surface area contributed by atoms with E-state index in [0.717, 1.165) is 15.5 Å². The van der Waals surface area contributed by atoms with E-state index in [9.17, 15) is 14.7 Å². The van der Waals surface area contributed by atoms with Crippen LogP contribution < -0.4 is 15.5 Å². The zero-order chi connectivity index (χ0) is 28.5. The molecule has 0 unspecified atom stereocenters. The lowest BCUT2D eigenvalue weighted by Crippen LogP contribution is -2.62. The minimum atomic E-state index is -2.15. The highest BCUT2D eigenvalue weighted by atomic mass is 79.9. The molecule has 0 saturated carbocycles. The minimum absolute atomic E-state index is 0.00689. The molecule has 3 N–H and O–H groups in total. The Morgan fingerprint density at radius 1 is 1.15 bits per heavy atom. The number of hydrogen-bond donors (Lipinski definition) is 3. The first-order valence-corrected chi connectivity index (χ1v) is 16.7. The molecule has 11 heteroatoms. The maximum atomic E-state index is 13.2. The number of pyridine rings is 2. The summed E-state index contributed by atoms with van der Waals surface area (Å²) in [7, 11) is -2.15. The van der Waals surface area contributed by atoms with Crippen LogP contribution in [0.5, 0.6) is 0 Å². The topological polar surface area (TPSA) is 117 Å². The number of amides is 2. The van der Waals surface area contributed by atoms with Crippen LogP contribution in [-0.4, -0.2) is 60.6 Å². The number of anilines is 2. The van der Waals surface area contributed by atoms with Gasteiger partial charge in [-0.2, -0.15) is 0 Å². The van der Waals surface area contributed by atoms with Crippen LogP contribution in [0.2, 0.25) is 18.1 Å². The second-order valence-electron chi connectivity index (χ2n) is 11.7. The molecule has 1 fully saturated rings. The molecule has 2 aromatic heterocycles. The Hall–Kier alpha value is -3.02. The molecule has 0 bridgehead atoms. The number of carbonyl (C=O) groups excluding carboxylic acids is 1. The SMILES string of the molecule is C[C@H]1CN(c2ccncc2NC(=O)c2ccc3ccc(Br)cc3n2)C[C@@H](NC(=O)O)[C@@H]1O[Si](C)(C)C(C)(C)C. The highest BCUT2D eigenvalue weighted by Crippen LogP contribution is 2.40. The lowest BCUT2D eigenvalue weighted by molar-refractivity contribution is 0.0722. The van der Waals surface area contributed by atoms with Crippen molar-refractivity contribution < 1.29 is 19.1 Å². The van der Waals surface area contributed by atoms with Crippen molar-refractivity contribution in [3.05, 3.63) is 59.0 Å². The molecular weight excluding hydrogens is 578 g/mol. The molecule has 3 aromatic rings. The van der Waals surface area contributed by atoms with Crippen LogP contribution in [0.25, 0.3) is 10.9 Å². The number of nitrogens with zero attached hydrogens (tertiary/aromatic N) is 3. The van der Waals surface area contributed by atoms with E-state index in [1.54, 1.807) is 18.5 Å². The van der Waals surface area contributed by atoms with Crippen LogP contribution >= 0.6 is 15.9 Å². The molecule has 3 atom stereocenters. The summed E-state index contributed by atoms with van der Waals surface area (Å²) in [5.41, 5.74) is 2.29. The van der Waals surface area contributed by atoms with Crippen molar-refractivity contribution in [1.29, 1.82) is 0 Å². The molecule has 3 heterocycles. The van der Waals surface area contributed by atoms with Crippen molar-refractivity contribution in [1.82, 2.24) is 15.3 Å². The van der Waals surface area contributed by atoms with Gasteiger partial charge in [0.25, 0.3) is 5.91 Å². The lowest BCUT2D eigenvalue weighted by Gasteiger charge is -2.48. The van der Waals surface area contributed by atoms with E-state index in [0.29, 0.717) is 24.3 Å². The Morgan fingerprint density at radius 2 is 1.87 bits per heavy atom. The fourth-order valence-electron chi connectivity index (χ4n) is 4.62. The van der Waals surface area contributed by atoms with Crippen LogP contribution in [0.3, 0.4) is 0 Å². The summed E-state index contributed by atoms with van der Waals surface area (Å²) in [6.07, 6.45) is 1.92. The van der Waals surface area contributed by atoms with Crippen molar-refractivity contribution in [2.75, 3.05) is 23.3 Å². The first-order valence-electron chi connectivity index (χ1n) is 13.0. The summed E-state index contributed by atoms with van der Waals surface area (Å²) in [4.78, 5) is 35.8. The van der Waals surface area contributed by atoms with E-state index < -0.39 is 20.5 Å². The average Bonchev–Trinajstić information content (AvgIpc) is 2.84. The van der Waals surface area contributed by atoms with Crippen LogP contribution in [0.4, 0.5) is 16.2 Å². The number of nitrogens with one attached hydrogen (secondary N) is 2. The third-order valence-corrected chi connectivity index (χ3v) is 12.7. The van der Waals surface area contributed by atoms with Crippen molar-refractivity contribution in [3.8, 4) is 0 Å². The number of aromatic nitrogens is 2. The predicted octanol–water partition coefficient (Wildman–Crippen LogP) is 6.13. The summed E-state index contributed by atoms with van der Waals surface area (Å²) in [6.45, 7) is 14.0. The molecule has 1 aliphatic heterocycles. The number of hydrogen-bond acceptors (Lipinski definition) is 6. The number of rotatable bonds is 6. The van der Waals surface area contributed by atoms with Gasteiger partial charge in [-0.1, -0.05) is 55.8 Å². The van der Waals surface area contributed by atoms with E-state index in [2.05, 4.69) is 82.2 Å². The monoisotopic (exact) mass is 613 g/mol. The van der Waals surface area contributed by atoms with Crippen molar-refractivity contribution in [2.24, 2.45) is 5.92 Å². The Balaban J connectivity index is 1.58. The van der Waals surface area contributed by atoms with Crippen molar-refractivity contribution >= 4 is 58.5 Å². The number of carboxylic acid groups (broad SMARTS) is 1. The molecule has 2 amide bonds. The average molecular weight is 615 g/mol. The van der Waals surface area contributed by atoms with Gasteiger partial charge in [0.15, 0.2) is 8.32 Å². The molecule has 0 radical (unpaired) electrons. The van der Waals surface area contributed by atoms with E-state index >= 15 is 0 Å². The Morgan fingerprint density at radius 3 is 2.56 bits per heavy atom. The fourth-order valence-corrected chi connectivity index (χ4v) is 6.40. The Labute approximate surface area is 238 Å². The number of benzene rings is 1. The standard InChI is InChI=1S/C28H36BrN5O4Si/c1-17-15-34(16-23(33-27(36)37)25(17)38-39(5,6)28(2,3)4)24-11-12-30-14-22(24)32-26(35)20-10-8-18-7-9-19(29)13-21(18)31-20/h7-14,17,23,25,33H,15-16H2,1-6H3,(H,32,35)(H,36,37)/t17-,23+,25+/m0/s1. The minimum Gasteiger partial charge on any atom is -0.465 e. The zero-order valence-corrected chi connectivity index (χ0v) is 25.7. The van der Waals surface area contributed by atoms with Gasteiger partial charge in [-0.3, -0.25) is 9.78 Å². The second-order valence-corrected chi connectivity index (χ2v) is 17.3. The van der Waals surface area contributed by atoms with E-state index in [-0.39, 0.29) is 28.7 Å². The Kier molecular flexibility index (Phi) is 8.34. The third-order valence-electron chi connectivity index (χ3n) is 7.70. The maximum Gasteiger partial charge on any atom is 0.405 e. The Bertz CT molecular complexity index is 1380. The molecule has 4 rings (SSSR count). The van der Waals surface area contributed by atoms with E-state index in [1.165, 1.54) is 0 Å². The van der Waals surface area contributed by atoms with Gasteiger partial charge in [0, 0.05) is 35.1 Å². The first-order chi connectivity index (χ1) is 18.2. The van der Waals surface area contributed by atoms with Gasteiger partial charge in [-0.25, -0.2) is 9.78 Å². The molecule has 0 aliphatic carbocycles. The smallest absolute Gasteiger partial charge is 0.405 e. The number of carbonyl (C=O) groups is 2. The van der Waals surface area contributed by atoms with Gasteiger partial charge in [-0.05, 0) is 42.4 Å². The molecule has 9 nitrogen and oxygen atoms in total. The summed E-state index contributed by atoms with van der Waals surface area (Å²) in [6, 6.07) is 10.7. The fraction of sp³-hybridized carbons (Fsp3) is 0.429. The van der Waals surface area contributed by atoms with Crippen LogP contribution in [0.15, 0.2) is 53.3 Å². The normalized spacial score (nSPS) is 20.1. The molecule has 0 spiro atoms. The van der Waals surface area contributed by atoms with Crippen LogP contribution in [-0.2, 0) is 4.43 Å². The number of fused-ring (bicyclic) bond motifs is 1. The molecule has 208 valence electrons. The summed E-state index contributed by atoms with van der Waals surface area (Å²) >= 11 is 3.45. The van der Waals surface area contributed by atoms with Crippen molar-refractivity contribution in [3.63, 3.8) is 0 Å². The quantitative estimate of drug-likeness (QED) is 0.286. The van der Waals surface area contributed by atoms with E-state index in [4.69, 9.17) is 4.43 Å². The van der Waals surface area contributed by atoms with E-state index in [1.807, 2.05) is 30.3 Å². The second kappa shape index (κ2) is 11.2. The highest BCUT2D eigenvalue weighted by molar-refractivity contribution is 9.10. The zero-order valence-electron chi connectivity index (χ0n) is 23.2. The van der Waals surface area contributed by atoms with Gasteiger partial charge in [0.1, 0.15) is 5.69 Å². The van der Waals surface area contributed by atoms with Gasteiger partial charge >= 0.3 is 6.09 Å². The summed E-state index contributed by atoms with van der Waals surface area (Å²) in [5.74, 6) is -0.322. The maximum absolute atomic E-state index is 13.2. The van der Waals surface area contributed by atoms with Gasteiger partial charge in [-0.15, -0.1) is 0 Å². The van der Waals surface area contributed by atoms with Gasteiger partial charge < -0.3 is 25.1 Å². The molecule has 1 aliphatic rings. The summed E-state index contributed by atoms with van der Waals surface area (Å²) in [5, 5.41) is 16.2. The largest absolute Gasteiger partial charge is 0.465 e. The van der Waals surface area contributed by atoms with Gasteiger partial charge in [0.2, 0.25) is 0 Å². The molecule has 1 saturated heterocycles. The highest BCUT2D eigenvalue weighted by Gasteiger charge is 2.45. The van der Waals surface area contributed by atoms with Crippen LogP contribution in [0, 0.1) is 5.92 Å². The van der Waals surface area contributed by atoms with Gasteiger partial charge in [0.05, 0.1) is 35.2 Å². The lowest BCUT2D eigenvalue weighted by atomic mass is 9.92. The molecule has 1 aromatic carbocycles. The van der Waals surface area contributed by atoms with Crippen molar-refractivity contribution in [2.45, 2.75) is 58.0 Å². The van der Waals surface area contributed by atoms with Crippen LogP contribution in [0.1, 0.15) is 38.2 Å². The summed E-state index contributed by atoms with van der Waals surface area (Å²) < 4.78 is 7.63. The molecule has 39 heavy (non-hydrogen) atoms. The number of halogens is 1. The molecular formula is C28H36BrN5O4Si. The number of piperidine rings is 1. The first kappa shape index (κ1) is 29.0. The predicted molar refractivity (Wildman–Crippen MR) is 160 cm³/mol. The third kappa shape index (κ3) is 6.59.